The summed E-state index contributed by atoms with van der Waals surface area (Å²) in [5, 5.41) is 11.0. The van der Waals surface area contributed by atoms with Crippen molar-refractivity contribution in [3.63, 3.8) is 0 Å². The van der Waals surface area contributed by atoms with E-state index < -0.39 is 64.7 Å². The Morgan fingerprint density at radius 3 is 2.05 bits per heavy atom. The fourth-order valence-electron chi connectivity index (χ4n) is 3.37. The summed E-state index contributed by atoms with van der Waals surface area (Å²) in [4.78, 5) is 0. The summed E-state index contributed by atoms with van der Waals surface area (Å²) < 4.78 is 137. The Balaban J connectivity index is 1.99. The van der Waals surface area contributed by atoms with Gasteiger partial charge in [-0.15, -0.1) is 0 Å². The highest BCUT2D eigenvalue weighted by Gasteiger charge is 2.39. The third-order valence-corrected chi connectivity index (χ3v) is 5.53. The number of aliphatic hydroxyl groups is 1. The molecule has 3 aromatic rings. The van der Waals surface area contributed by atoms with Crippen LogP contribution in [0.2, 0.25) is 5.02 Å². The molecular formula is C24H16ClF10NO2. The Morgan fingerprint density at radius 1 is 0.816 bits per heavy atom. The summed E-state index contributed by atoms with van der Waals surface area (Å²) in [6, 6.07) is 7.52. The first-order valence-corrected chi connectivity index (χ1v) is 10.8. The molecule has 0 spiro atoms. The fraction of sp³-hybridized carbons (Fsp3) is 0.250. The van der Waals surface area contributed by atoms with Gasteiger partial charge in [-0.25, -0.2) is 4.39 Å². The topological polar surface area (TPSA) is 41.5 Å². The number of hydrogen-bond acceptors (Lipinski definition) is 3. The van der Waals surface area contributed by atoms with Gasteiger partial charge in [-0.1, -0.05) is 29.8 Å². The standard InChI is InChI=1S/C24H16ClF10NO2/c25-18-7-5-15(10-17(18)23(30,31)32)38-14-3-1-2-12(8-14)21(36-11-20(37)24(33,34)35)16-6-4-13(9-19(16)26)22(27,28)29/h1-10,20-21,36-37H,11H2/t20-,21?/m1/s1. The van der Waals surface area contributed by atoms with Gasteiger partial charge in [0, 0.05) is 12.1 Å². The predicted molar refractivity (Wildman–Crippen MR) is 116 cm³/mol. The zero-order chi connectivity index (χ0) is 28.5. The zero-order valence-electron chi connectivity index (χ0n) is 18.6. The van der Waals surface area contributed by atoms with E-state index >= 15 is 0 Å². The van der Waals surface area contributed by atoms with Gasteiger partial charge in [0.2, 0.25) is 0 Å². The van der Waals surface area contributed by atoms with Crippen LogP contribution in [0.15, 0.2) is 60.7 Å². The second kappa shape index (κ2) is 11.0. The molecule has 0 aliphatic heterocycles. The summed E-state index contributed by atoms with van der Waals surface area (Å²) in [5.74, 6) is -1.84. The molecule has 0 radical (unpaired) electrons. The second-order valence-electron chi connectivity index (χ2n) is 7.95. The Labute approximate surface area is 213 Å². The van der Waals surface area contributed by atoms with Crippen molar-refractivity contribution in [2.45, 2.75) is 30.7 Å². The minimum Gasteiger partial charge on any atom is -0.457 e. The van der Waals surface area contributed by atoms with E-state index in [0.29, 0.717) is 12.1 Å². The average molecular weight is 576 g/mol. The van der Waals surface area contributed by atoms with Gasteiger partial charge in [-0.3, -0.25) is 0 Å². The Bertz CT molecular complexity index is 1270. The Kier molecular flexibility index (Phi) is 8.54. The molecule has 38 heavy (non-hydrogen) atoms. The molecule has 2 N–H and O–H groups in total. The third-order valence-electron chi connectivity index (χ3n) is 5.20. The smallest absolute Gasteiger partial charge is 0.417 e. The first-order valence-electron chi connectivity index (χ1n) is 10.5. The van der Waals surface area contributed by atoms with Crippen LogP contribution in [0.5, 0.6) is 11.5 Å². The SMILES string of the molecule is O[C@H](CNC(c1cccc(Oc2ccc(Cl)c(C(F)(F)F)c2)c1)c1ccc(C(F)(F)F)cc1F)C(F)(F)F. The van der Waals surface area contributed by atoms with Crippen LogP contribution in [0, 0.1) is 5.82 Å². The van der Waals surface area contributed by atoms with Gasteiger partial charge in [0.1, 0.15) is 17.3 Å². The van der Waals surface area contributed by atoms with E-state index in [1.807, 2.05) is 0 Å². The molecular weight excluding hydrogens is 560 g/mol. The molecule has 3 nitrogen and oxygen atoms in total. The molecule has 0 saturated heterocycles. The van der Waals surface area contributed by atoms with Gasteiger partial charge in [-0.05, 0) is 48.0 Å². The molecule has 0 bridgehead atoms. The van der Waals surface area contributed by atoms with Crippen molar-refractivity contribution in [1.82, 2.24) is 5.32 Å². The maximum Gasteiger partial charge on any atom is 0.417 e. The maximum absolute atomic E-state index is 14.7. The summed E-state index contributed by atoms with van der Waals surface area (Å²) in [5.41, 5.74) is -3.05. The van der Waals surface area contributed by atoms with Gasteiger partial charge in [0.15, 0.2) is 6.10 Å². The summed E-state index contributed by atoms with van der Waals surface area (Å²) >= 11 is 5.57. The average Bonchev–Trinajstić information content (AvgIpc) is 2.79. The molecule has 0 heterocycles. The number of halogens is 11. The molecule has 14 heteroatoms. The largest absolute Gasteiger partial charge is 0.457 e. The van der Waals surface area contributed by atoms with Gasteiger partial charge in [-0.2, -0.15) is 39.5 Å². The van der Waals surface area contributed by atoms with Crippen molar-refractivity contribution in [3.8, 4) is 11.5 Å². The number of hydrogen-bond donors (Lipinski definition) is 2. The number of nitrogens with one attached hydrogen (secondary N) is 1. The lowest BCUT2D eigenvalue weighted by molar-refractivity contribution is -0.202. The van der Waals surface area contributed by atoms with E-state index in [2.05, 4.69) is 5.32 Å². The number of alkyl halides is 9. The normalized spacial score (nSPS) is 14.3. The number of ether oxygens (including phenoxy) is 1. The van der Waals surface area contributed by atoms with Crippen LogP contribution in [0.3, 0.4) is 0 Å². The van der Waals surface area contributed by atoms with E-state index in [0.717, 1.165) is 24.3 Å². The van der Waals surface area contributed by atoms with Crippen molar-refractivity contribution in [2.75, 3.05) is 6.54 Å². The number of rotatable bonds is 7. The van der Waals surface area contributed by atoms with Crippen molar-refractivity contribution in [3.05, 3.63) is 93.8 Å². The van der Waals surface area contributed by atoms with Gasteiger partial charge in [0.25, 0.3) is 0 Å². The fourth-order valence-corrected chi connectivity index (χ4v) is 3.59. The molecule has 3 aromatic carbocycles. The van der Waals surface area contributed by atoms with E-state index in [1.54, 1.807) is 0 Å². The highest BCUT2D eigenvalue weighted by Crippen LogP contribution is 2.38. The van der Waals surface area contributed by atoms with Crippen molar-refractivity contribution >= 4 is 11.6 Å². The highest BCUT2D eigenvalue weighted by atomic mass is 35.5. The highest BCUT2D eigenvalue weighted by molar-refractivity contribution is 6.31. The molecule has 1 unspecified atom stereocenters. The quantitative estimate of drug-likeness (QED) is 0.281. The predicted octanol–water partition coefficient (Wildman–Crippen LogP) is 7.91. The second-order valence-corrected chi connectivity index (χ2v) is 8.35. The van der Waals surface area contributed by atoms with Crippen LogP contribution < -0.4 is 10.1 Å². The molecule has 0 amide bonds. The van der Waals surface area contributed by atoms with Gasteiger partial charge in [0.05, 0.1) is 22.2 Å². The van der Waals surface area contributed by atoms with E-state index in [4.69, 9.17) is 16.3 Å². The summed E-state index contributed by atoms with van der Waals surface area (Å²) in [7, 11) is 0. The van der Waals surface area contributed by atoms with Crippen molar-refractivity contribution < 1.29 is 53.7 Å². The van der Waals surface area contributed by atoms with Crippen LogP contribution in [0.25, 0.3) is 0 Å². The summed E-state index contributed by atoms with van der Waals surface area (Å²) in [6.45, 7) is -1.16. The summed E-state index contributed by atoms with van der Waals surface area (Å²) in [6.07, 6.45) is -17.6. The third kappa shape index (κ3) is 7.29. The maximum atomic E-state index is 14.7. The van der Waals surface area contributed by atoms with Crippen LogP contribution in [-0.4, -0.2) is 23.9 Å². The Hall–Kier alpha value is -3.03. The van der Waals surface area contributed by atoms with E-state index in [1.165, 1.54) is 18.2 Å². The first kappa shape index (κ1) is 29.5. The number of aliphatic hydroxyl groups excluding tert-OH is 1. The minimum absolute atomic E-state index is 0.0273. The Morgan fingerprint density at radius 2 is 1.47 bits per heavy atom. The molecule has 0 aromatic heterocycles. The van der Waals surface area contributed by atoms with Crippen molar-refractivity contribution in [2.24, 2.45) is 0 Å². The van der Waals surface area contributed by atoms with Gasteiger partial charge < -0.3 is 15.2 Å². The lowest BCUT2D eigenvalue weighted by Crippen LogP contribution is -2.40. The van der Waals surface area contributed by atoms with Crippen LogP contribution >= 0.6 is 11.6 Å². The lowest BCUT2D eigenvalue weighted by atomic mass is 9.96. The van der Waals surface area contributed by atoms with E-state index in [-0.39, 0.29) is 23.1 Å². The zero-order valence-corrected chi connectivity index (χ0v) is 19.4. The first-order chi connectivity index (χ1) is 17.5. The molecule has 0 saturated carbocycles. The monoisotopic (exact) mass is 575 g/mol. The van der Waals surface area contributed by atoms with Gasteiger partial charge >= 0.3 is 18.5 Å². The molecule has 206 valence electrons. The van der Waals surface area contributed by atoms with Crippen LogP contribution in [0.1, 0.15) is 28.3 Å². The van der Waals surface area contributed by atoms with Crippen molar-refractivity contribution in [1.29, 1.82) is 0 Å². The molecule has 3 rings (SSSR count). The van der Waals surface area contributed by atoms with E-state index in [9.17, 15) is 49.0 Å². The van der Waals surface area contributed by atoms with Crippen LogP contribution in [-0.2, 0) is 12.4 Å². The molecule has 2 atom stereocenters. The number of benzene rings is 3. The minimum atomic E-state index is -5.05. The molecule has 0 aliphatic rings. The lowest BCUT2D eigenvalue weighted by Gasteiger charge is -2.24. The molecule has 0 fully saturated rings. The van der Waals surface area contributed by atoms with Crippen LogP contribution in [0.4, 0.5) is 43.9 Å². The molecule has 0 aliphatic carbocycles.